The van der Waals surface area contributed by atoms with Crippen LogP contribution in [0.5, 0.6) is 0 Å². The van der Waals surface area contributed by atoms with E-state index in [9.17, 15) is 9.59 Å². The molecule has 1 saturated heterocycles. The van der Waals surface area contributed by atoms with Gasteiger partial charge in [0.2, 0.25) is 0 Å². The van der Waals surface area contributed by atoms with Gasteiger partial charge in [0.05, 0.1) is 11.1 Å². The lowest BCUT2D eigenvalue weighted by molar-refractivity contribution is 0.0651. The minimum Gasteiger partial charge on any atom is -0.301 e. The number of unbranched alkanes of at least 4 members (excludes halogenated alkanes) is 4. The molecule has 2 aliphatic heterocycles. The van der Waals surface area contributed by atoms with E-state index in [2.05, 4.69) is 21.9 Å². The molecule has 1 fully saturated rings. The van der Waals surface area contributed by atoms with Crippen molar-refractivity contribution in [3.8, 4) is 0 Å². The summed E-state index contributed by atoms with van der Waals surface area (Å²) < 4.78 is 0. The van der Waals surface area contributed by atoms with Gasteiger partial charge in [-0.2, -0.15) is 0 Å². The van der Waals surface area contributed by atoms with E-state index < -0.39 is 0 Å². The van der Waals surface area contributed by atoms with Crippen LogP contribution in [0.1, 0.15) is 58.4 Å². The highest BCUT2D eigenvalue weighted by atomic mass is 35.5. The summed E-state index contributed by atoms with van der Waals surface area (Å²) in [7, 11) is 0. The lowest BCUT2D eigenvalue weighted by Crippen LogP contribution is -2.46. The highest BCUT2D eigenvalue weighted by Crippen LogP contribution is 2.23. The summed E-state index contributed by atoms with van der Waals surface area (Å²) in [6.07, 6.45) is 5.51. The minimum atomic E-state index is -0.138. The van der Waals surface area contributed by atoms with E-state index in [1.54, 1.807) is 12.1 Å². The first-order chi connectivity index (χ1) is 15.6. The molecule has 5 nitrogen and oxygen atoms in total. The molecule has 4 rings (SSSR count). The van der Waals surface area contributed by atoms with E-state index in [1.165, 1.54) is 23.3 Å². The summed E-state index contributed by atoms with van der Waals surface area (Å²) in [5.41, 5.74) is 2.42. The van der Waals surface area contributed by atoms with Crippen LogP contribution in [0.4, 0.5) is 0 Å². The van der Waals surface area contributed by atoms with Crippen molar-refractivity contribution < 1.29 is 9.59 Å². The van der Waals surface area contributed by atoms with Crippen LogP contribution in [-0.2, 0) is 6.54 Å². The lowest BCUT2D eigenvalue weighted by Gasteiger charge is -2.34. The molecule has 170 valence electrons. The molecular formula is C26H32ClN3O2. The number of carbonyl (C=O) groups excluding carboxylic acids is 2. The Balaban J connectivity index is 1.05. The number of imide groups is 1. The van der Waals surface area contributed by atoms with E-state index in [0.29, 0.717) is 17.7 Å². The monoisotopic (exact) mass is 453 g/mol. The van der Waals surface area contributed by atoms with Crippen LogP contribution in [0.15, 0.2) is 48.5 Å². The third kappa shape index (κ3) is 5.77. The minimum absolute atomic E-state index is 0.138. The third-order valence-electron chi connectivity index (χ3n) is 6.52. The summed E-state index contributed by atoms with van der Waals surface area (Å²) in [6, 6.07) is 15.3. The maximum Gasteiger partial charge on any atom is 0.261 e. The number of nitrogens with zero attached hydrogens (tertiary/aromatic N) is 3. The highest BCUT2D eigenvalue weighted by molar-refractivity contribution is 6.30. The number of benzene rings is 2. The number of halogens is 1. The molecule has 2 aromatic carbocycles. The first kappa shape index (κ1) is 23.0. The zero-order chi connectivity index (χ0) is 22.3. The first-order valence-corrected chi connectivity index (χ1v) is 12.1. The Hall–Kier alpha value is -2.21. The predicted molar refractivity (Wildman–Crippen MR) is 128 cm³/mol. The first-order valence-electron chi connectivity index (χ1n) is 11.8. The number of amides is 2. The Morgan fingerprint density at radius 1 is 0.656 bits per heavy atom. The zero-order valence-corrected chi connectivity index (χ0v) is 19.4. The van der Waals surface area contributed by atoms with E-state index in [0.717, 1.165) is 63.6 Å². The Labute approximate surface area is 195 Å². The van der Waals surface area contributed by atoms with Crippen molar-refractivity contribution in [2.75, 3.05) is 39.3 Å². The van der Waals surface area contributed by atoms with Crippen LogP contribution >= 0.6 is 11.6 Å². The quantitative estimate of drug-likeness (QED) is 0.386. The van der Waals surface area contributed by atoms with E-state index in [1.807, 2.05) is 24.3 Å². The van der Waals surface area contributed by atoms with Gasteiger partial charge in [-0.05, 0) is 49.2 Å². The predicted octanol–water partition coefficient (Wildman–Crippen LogP) is 4.70. The highest BCUT2D eigenvalue weighted by Gasteiger charge is 2.34. The summed E-state index contributed by atoms with van der Waals surface area (Å²) in [4.78, 5) is 31.2. The van der Waals surface area contributed by atoms with Crippen LogP contribution in [0, 0.1) is 0 Å². The molecule has 0 aromatic heterocycles. The van der Waals surface area contributed by atoms with Crippen molar-refractivity contribution in [1.29, 1.82) is 0 Å². The largest absolute Gasteiger partial charge is 0.301 e. The second-order valence-corrected chi connectivity index (χ2v) is 9.26. The molecule has 0 spiro atoms. The van der Waals surface area contributed by atoms with Crippen molar-refractivity contribution in [2.45, 2.75) is 38.6 Å². The number of piperazine rings is 1. The summed E-state index contributed by atoms with van der Waals surface area (Å²) in [5.74, 6) is -0.276. The van der Waals surface area contributed by atoms with E-state index in [4.69, 9.17) is 11.6 Å². The Morgan fingerprint density at radius 3 is 1.81 bits per heavy atom. The van der Waals surface area contributed by atoms with Gasteiger partial charge in [-0.15, -0.1) is 0 Å². The Morgan fingerprint density at radius 2 is 1.19 bits per heavy atom. The molecule has 0 unspecified atom stereocenters. The SMILES string of the molecule is O=C1c2ccccc2C(=O)N1CCCCCCCN1CCN(Cc2ccc(Cl)cc2)CC1. The molecule has 2 aliphatic rings. The second-order valence-electron chi connectivity index (χ2n) is 8.82. The smallest absolute Gasteiger partial charge is 0.261 e. The van der Waals surface area contributed by atoms with E-state index in [-0.39, 0.29) is 11.8 Å². The molecule has 0 saturated carbocycles. The van der Waals surface area contributed by atoms with Crippen LogP contribution < -0.4 is 0 Å². The van der Waals surface area contributed by atoms with Crippen LogP contribution in [0.3, 0.4) is 0 Å². The summed E-state index contributed by atoms with van der Waals surface area (Å²) >= 11 is 5.97. The average molecular weight is 454 g/mol. The molecule has 0 radical (unpaired) electrons. The van der Waals surface area contributed by atoms with Gasteiger partial charge in [0, 0.05) is 44.3 Å². The van der Waals surface area contributed by atoms with E-state index >= 15 is 0 Å². The van der Waals surface area contributed by atoms with Gasteiger partial charge >= 0.3 is 0 Å². The fourth-order valence-electron chi connectivity index (χ4n) is 4.60. The molecule has 0 N–H and O–H groups in total. The van der Waals surface area contributed by atoms with Gasteiger partial charge in [0.15, 0.2) is 0 Å². The molecule has 0 aliphatic carbocycles. The Bertz CT molecular complexity index is 888. The number of hydrogen-bond donors (Lipinski definition) is 0. The molecule has 32 heavy (non-hydrogen) atoms. The maximum absolute atomic E-state index is 12.4. The van der Waals surface area contributed by atoms with Gasteiger partial charge in [-0.1, -0.05) is 55.1 Å². The molecule has 2 amide bonds. The molecule has 2 heterocycles. The van der Waals surface area contributed by atoms with Gasteiger partial charge in [0.25, 0.3) is 11.8 Å². The van der Waals surface area contributed by atoms with Crippen molar-refractivity contribution in [3.05, 3.63) is 70.2 Å². The van der Waals surface area contributed by atoms with Crippen molar-refractivity contribution in [1.82, 2.24) is 14.7 Å². The molecule has 0 bridgehead atoms. The zero-order valence-electron chi connectivity index (χ0n) is 18.6. The third-order valence-corrected chi connectivity index (χ3v) is 6.77. The fourth-order valence-corrected chi connectivity index (χ4v) is 4.72. The van der Waals surface area contributed by atoms with Crippen LogP contribution in [0.25, 0.3) is 0 Å². The summed E-state index contributed by atoms with van der Waals surface area (Å²) in [6.45, 7) is 7.18. The number of hydrogen-bond acceptors (Lipinski definition) is 4. The molecule has 0 atom stereocenters. The molecular weight excluding hydrogens is 422 g/mol. The fraction of sp³-hybridized carbons (Fsp3) is 0.462. The van der Waals surface area contributed by atoms with Crippen LogP contribution in [-0.4, -0.2) is 65.8 Å². The van der Waals surface area contributed by atoms with Crippen molar-refractivity contribution >= 4 is 23.4 Å². The van der Waals surface area contributed by atoms with Crippen molar-refractivity contribution in [3.63, 3.8) is 0 Å². The van der Waals surface area contributed by atoms with Gasteiger partial charge in [-0.25, -0.2) is 0 Å². The van der Waals surface area contributed by atoms with Gasteiger partial charge in [0.1, 0.15) is 0 Å². The second kappa shape index (κ2) is 11.1. The summed E-state index contributed by atoms with van der Waals surface area (Å²) in [5, 5.41) is 0.794. The van der Waals surface area contributed by atoms with Gasteiger partial charge in [-0.3, -0.25) is 19.4 Å². The number of fused-ring (bicyclic) bond motifs is 1. The molecule has 2 aromatic rings. The topological polar surface area (TPSA) is 43.9 Å². The average Bonchev–Trinajstić information content (AvgIpc) is 3.06. The Kier molecular flexibility index (Phi) is 7.95. The number of rotatable bonds is 10. The van der Waals surface area contributed by atoms with Crippen molar-refractivity contribution in [2.24, 2.45) is 0 Å². The van der Waals surface area contributed by atoms with Gasteiger partial charge < -0.3 is 4.90 Å². The molecule has 6 heteroatoms. The normalized spacial score (nSPS) is 17.2. The standard InChI is InChI=1S/C26H32ClN3O2/c27-22-12-10-21(11-13-22)20-29-18-16-28(17-19-29)14-6-2-1-3-7-15-30-25(31)23-8-4-5-9-24(23)26(30)32/h4-5,8-13H,1-3,6-7,14-20H2. The maximum atomic E-state index is 12.4. The number of carbonyl (C=O) groups is 2. The lowest BCUT2D eigenvalue weighted by atomic mass is 10.1. The van der Waals surface area contributed by atoms with Crippen LogP contribution in [0.2, 0.25) is 5.02 Å².